The Hall–Kier alpha value is -0.570. The summed E-state index contributed by atoms with van der Waals surface area (Å²) in [7, 11) is 1.93. The third-order valence-electron chi connectivity index (χ3n) is 3.57. The minimum Gasteiger partial charge on any atom is -0.341 e. The lowest BCUT2D eigenvalue weighted by Crippen LogP contribution is -2.50. The fraction of sp³-hybridized carbons (Fsp3) is 0.900. The maximum Gasteiger partial charge on any atom is 0.229 e. The van der Waals surface area contributed by atoms with Crippen molar-refractivity contribution in [3.8, 4) is 0 Å². The van der Waals surface area contributed by atoms with Crippen molar-refractivity contribution in [1.29, 1.82) is 0 Å². The number of nitrogens with zero attached hydrogens (tertiary/aromatic N) is 1. The Balaban J connectivity index is 2.29. The van der Waals surface area contributed by atoms with Gasteiger partial charge in [0.05, 0.1) is 5.41 Å². The van der Waals surface area contributed by atoms with E-state index in [-0.39, 0.29) is 11.3 Å². The van der Waals surface area contributed by atoms with Gasteiger partial charge in [-0.2, -0.15) is 0 Å². The van der Waals surface area contributed by atoms with Crippen molar-refractivity contribution in [2.75, 3.05) is 13.6 Å². The van der Waals surface area contributed by atoms with E-state index in [1.165, 1.54) is 6.42 Å². The molecule has 74 valence electrons. The summed E-state index contributed by atoms with van der Waals surface area (Å²) >= 11 is 0. The second-order valence-electron chi connectivity index (χ2n) is 4.78. The number of rotatable bonds is 0. The molecule has 0 aromatic heterocycles. The average molecular weight is 182 g/mol. The van der Waals surface area contributed by atoms with Crippen molar-refractivity contribution in [2.24, 2.45) is 5.41 Å². The molecule has 2 fully saturated rings. The first-order chi connectivity index (χ1) is 6.05. The molecule has 2 saturated heterocycles. The molecule has 0 saturated carbocycles. The molecule has 13 heavy (non-hydrogen) atoms. The second-order valence-corrected chi connectivity index (χ2v) is 4.78. The van der Waals surface area contributed by atoms with E-state index in [0.717, 1.165) is 13.0 Å². The Morgan fingerprint density at radius 1 is 1.54 bits per heavy atom. The minimum atomic E-state index is -0.208. The van der Waals surface area contributed by atoms with Crippen LogP contribution in [-0.2, 0) is 4.79 Å². The van der Waals surface area contributed by atoms with Gasteiger partial charge >= 0.3 is 0 Å². The van der Waals surface area contributed by atoms with Crippen LogP contribution in [0.15, 0.2) is 0 Å². The smallest absolute Gasteiger partial charge is 0.229 e. The van der Waals surface area contributed by atoms with Crippen LogP contribution in [0.5, 0.6) is 0 Å². The first-order valence-corrected chi connectivity index (χ1v) is 5.06. The van der Waals surface area contributed by atoms with E-state index in [1.807, 2.05) is 11.9 Å². The highest BCUT2D eigenvalue weighted by Crippen LogP contribution is 2.38. The maximum absolute atomic E-state index is 11.9. The van der Waals surface area contributed by atoms with Crippen molar-refractivity contribution in [3.05, 3.63) is 0 Å². The van der Waals surface area contributed by atoms with E-state index in [4.69, 9.17) is 0 Å². The highest BCUT2D eigenvalue weighted by molar-refractivity contribution is 5.85. The lowest BCUT2D eigenvalue weighted by atomic mass is 9.81. The van der Waals surface area contributed by atoms with Gasteiger partial charge in [0.25, 0.3) is 0 Å². The zero-order valence-electron chi connectivity index (χ0n) is 8.63. The molecule has 0 bridgehead atoms. The van der Waals surface area contributed by atoms with Crippen LogP contribution in [0, 0.1) is 5.41 Å². The molecule has 1 N–H and O–H groups in total. The SMILES string of the molecule is CN1C(=O)C(C)(C)C2NCCCC21. The van der Waals surface area contributed by atoms with Crippen LogP contribution in [0.1, 0.15) is 26.7 Å². The summed E-state index contributed by atoms with van der Waals surface area (Å²) in [6.07, 6.45) is 2.35. The van der Waals surface area contributed by atoms with Crippen molar-refractivity contribution in [2.45, 2.75) is 38.8 Å². The van der Waals surface area contributed by atoms with Gasteiger partial charge in [-0.15, -0.1) is 0 Å². The fourth-order valence-electron chi connectivity index (χ4n) is 2.76. The van der Waals surface area contributed by atoms with E-state index in [0.29, 0.717) is 12.1 Å². The van der Waals surface area contributed by atoms with Crippen LogP contribution in [0.3, 0.4) is 0 Å². The van der Waals surface area contributed by atoms with Crippen LogP contribution in [0.2, 0.25) is 0 Å². The van der Waals surface area contributed by atoms with Crippen LogP contribution >= 0.6 is 0 Å². The number of carbonyl (C=O) groups excluding carboxylic acids is 1. The number of likely N-dealkylation sites (N-methyl/N-ethyl adjacent to an activating group) is 1. The zero-order valence-corrected chi connectivity index (χ0v) is 8.63. The number of carbonyl (C=O) groups is 1. The normalized spacial score (nSPS) is 37.8. The van der Waals surface area contributed by atoms with E-state index in [9.17, 15) is 4.79 Å². The molecular weight excluding hydrogens is 164 g/mol. The second kappa shape index (κ2) is 2.71. The molecule has 2 aliphatic heterocycles. The van der Waals surface area contributed by atoms with Gasteiger partial charge in [-0.25, -0.2) is 0 Å². The summed E-state index contributed by atoms with van der Waals surface area (Å²) < 4.78 is 0. The summed E-state index contributed by atoms with van der Waals surface area (Å²) in [5, 5.41) is 3.47. The molecule has 2 heterocycles. The Morgan fingerprint density at radius 2 is 2.23 bits per heavy atom. The number of piperidine rings is 1. The zero-order chi connectivity index (χ0) is 9.64. The Morgan fingerprint density at radius 3 is 2.85 bits per heavy atom. The van der Waals surface area contributed by atoms with Gasteiger partial charge in [-0.3, -0.25) is 4.79 Å². The van der Waals surface area contributed by atoms with Gasteiger partial charge in [0.1, 0.15) is 0 Å². The molecule has 3 heteroatoms. The molecule has 2 aliphatic rings. The molecule has 3 nitrogen and oxygen atoms in total. The number of hydrogen-bond donors (Lipinski definition) is 1. The maximum atomic E-state index is 11.9. The molecule has 0 aromatic rings. The molecule has 0 radical (unpaired) electrons. The minimum absolute atomic E-state index is 0.208. The quantitative estimate of drug-likeness (QED) is 0.595. The summed E-state index contributed by atoms with van der Waals surface area (Å²) in [5.41, 5.74) is -0.208. The van der Waals surface area contributed by atoms with Gasteiger partial charge in [0.2, 0.25) is 5.91 Å². The van der Waals surface area contributed by atoms with Crippen LogP contribution < -0.4 is 5.32 Å². The first kappa shape index (κ1) is 9.00. The van der Waals surface area contributed by atoms with Gasteiger partial charge < -0.3 is 10.2 Å². The van der Waals surface area contributed by atoms with Gasteiger partial charge in [-0.05, 0) is 33.2 Å². The van der Waals surface area contributed by atoms with Crippen molar-refractivity contribution >= 4 is 5.91 Å². The van der Waals surface area contributed by atoms with Crippen molar-refractivity contribution in [3.63, 3.8) is 0 Å². The first-order valence-electron chi connectivity index (χ1n) is 5.06. The highest BCUT2D eigenvalue weighted by atomic mass is 16.2. The van der Waals surface area contributed by atoms with Gasteiger partial charge in [0, 0.05) is 19.1 Å². The average Bonchev–Trinajstić information content (AvgIpc) is 2.30. The largest absolute Gasteiger partial charge is 0.341 e. The monoisotopic (exact) mass is 182 g/mol. The summed E-state index contributed by atoms with van der Waals surface area (Å²) in [6.45, 7) is 5.16. The lowest BCUT2D eigenvalue weighted by Gasteiger charge is -2.33. The summed E-state index contributed by atoms with van der Waals surface area (Å²) in [6, 6.07) is 0.787. The highest BCUT2D eigenvalue weighted by Gasteiger charge is 2.52. The Bertz CT molecular complexity index is 237. The topological polar surface area (TPSA) is 32.3 Å². The van der Waals surface area contributed by atoms with Crippen LogP contribution in [0.25, 0.3) is 0 Å². The van der Waals surface area contributed by atoms with Crippen LogP contribution in [-0.4, -0.2) is 36.5 Å². The van der Waals surface area contributed by atoms with Crippen molar-refractivity contribution < 1.29 is 4.79 Å². The van der Waals surface area contributed by atoms with E-state index < -0.39 is 0 Å². The Kier molecular flexibility index (Phi) is 1.88. The van der Waals surface area contributed by atoms with E-state index in [1.54, 1.807) is 0 Å². The standard InChI is InChI=1S/C10H18N2O/c1-10(2)8-7(5-4-6-11-8)12(3)9(10)13/h7-8,11H,4-6H2,1-3H3. The predicted molar refractivity (Wildman–Crippen MR) is 51.4 cm³/mol. The molecule has 0 spiro atoms. The fourth-order valence-corrected chi connectivity index (χ4v) is 2.76. The molecule has 1 amide bonds. The molecule has 2 rings (SSSR count). The van der Waals surface area contributed by atoms with Gasteiger partial charge in [0.15, 0.2) is 0 Å². The number of likely N-dealkylation sites (tertiary alicyclic amines) is 1. The lowest BCUT2D eigenvalue weighted by molar-refractivity contribution is -0.134. The van der Waals surface area contributed by atoms with E-state index >= 15 is 0 Å². The number of hydrogen-bond acceptors (Lipinski definition) is 2. The summed E-state index contributed by atoms with van der Waals surface area (Å²) in [5.74, 6) is 0.289. The molecule has 0 aliphatic carbocycles. The third-order valence-corrected chi connectivity index (χ3v) is 3.57. The van der Waals surface area contributed by atoms with Crippen LogP contribution in [0.4, 0.5) is 0 Å². The number of amides is 1. The third kappa shape index (κ3) is 1.10. The number of fused-ring (bicyclic) bond motifs is 1. The molecular formula is C10H18N2O. The molecule has 2 atom stereocenters. The van der Waals surface area contributed by atoms with Gasteiger partial charge in [-0.1, -0.05) is 0 Å². The van der Waals surface area contributed by atoms with E-state index in [2.05, 4.69) is 19.2 Å². The Labute approximate surface area is 79.5 Å². The number of nitrogens with one attached hydrogen (secondary N) is 1. The summed E-state index contributed by atoms with van der Waals surface area (Å²) in [4.78, 5) is 13.8. The van der Waals surface area contributed by atoms with Crippen molar-refractivity contribution in [1.82, 2.24) is 10.2 Å². The predicted octanol–water partition coefficient (Wildman–Crippen LogP) is 0.605. The molecule has 0 aromatic carbocycles. The molecule has 2 unspecified atom stereocenters.